The highest BCUT2D eigenvalue weighted by Crippen LogP contribution is 2.29. The highest BCUT2D eigenvalue weighted by molar-refractivity contribution is 7.16. The molecule has 0 radical (unpaired) electrons. The average Bonchev–Trinajstić information content (AvgIpc) is 3.21. The molecule has 0 saturated carbocycles. The van der Waals surface area contributed by atoms with E-state index in [1.165, 1.54) is 22.7 Å². The Labute approximate surface area is 187 Å². The summed E-state index contributed by atoms with van der Waals surface area (Å²) in [4.78, 5) is 29.3. The van der Waals surface area contributed by atoms with Crippen molar-refractivity contribution in [2.45, 2.75) is 13.8 Å². The number of anilines is 1. The molecule has 8 heteroatoms. The van der Waals surface area contributed by atoms with Crippen LogP contribution in [-0.4, -0.2) is 31.8 Å². The number of rotatable bonds is 8. The van der Waals surface area contributed by atoms with Gasteiger partial charge >= 0.3 is 0 Å². The number of nitrogens with zero attached hydrogens (tertiary/aromatic N) is 1. The van der Waals surface area contributed by atoms with Gasteiger partial charge in [-0.25, -0.2) is 0 Å². The lowest BCUT2D eigenvalue weighted by Crippen LogP contribution is -2.34. The largest absolute Gasteiger partial charge is 0.497 e. The van der Waals surface area contributed by atoms with Crippen LogP contribution >= 0.6 is 45.9 Å². The van der Waals surface area contributed by atoms with Crippen molar-refractivity contribution in [1.82, 2.24) is 0 Å². The Balaban J connectivity index is 1.88. The zero-order valence-corrected chi connectivity index (χ0v) is 19.3. The average molecular weight is 468 g/mol. The molecule has 0 aliphatic carbocycles. The first-order chi connectivity index (χ1) is 13.8. The van der Waals surface area contributed by atoms with Crippen molar-refractivity contribution in [3.63, 3.8) is 0 Å². The third-order valence-corrected chi connectivity index (χ3v) is 6.84. The smallest absolute Gasteiger partial charge is 0.183 e. The maximum Gasteiger partial charge on any atom is 0.183 e. The summed E-state index contributed by atoms with van der Waals surface area (Å²) in [5.41, 5.74) is 1.92. The lowest BCUT2D eigenvalue weighted by atomic mass is 10.1. The molecule has 2 aromatic heterocycles. The Kier molecular flexibility index (Phi) is 7.01. The van der Waals surface area contributed by atoms with Crippen molar-refractivity contribution in [3.05, 3.63) is 66.0 Å². The van der Waals surface area contributed by atoms with Crippen molar-refractivity contribution in [2.75, 3.05) is 25.1 Å². The first-order valence-electron chi connectivity index (χ1n) is 8.75. The van der Waals surface area contributed by atoms with E-state index in [9.17, 15) is 9.59 Å². The minimum atomic E-state index is -0.0886. The van der Waals surface area contributed by atoms with Crippen LogP contribution in [0.15, 0.2) is 36.4 Å². The van der Waals surface area contributed by atoms with E-state index >= 15 is 0 Å². The van der Waals surface area contributed by atoms with Gasteiger partial charge in [-0.1, -0.05) is 23.2 Å². The van der Waals surface area contributed by atoms with E-state index in [2.05, 4.69) is 0 Å². The first-order valence-corrected chi connectivity index (χ1v) is 11.1. The second-order valence-electron chi connectivity index (χ2n) is 6.44. The summed E-state index contributed by atoms with van der Waals surface area (Å²) < 4.78 is 6.35. The van der Waals surface area contributed by atoms with Gasteiger partial charge < -0.3 is 9.64 Å². The first kappa shape index (κ1) is 21.8. The summed E-state index contributed by atoms with van der Waals surface area (Å²) in [6.45, 7) is 3.85. The predicted octanol–water partition coefficient (Wildman–Crippen LogP) is 6.31. The van der Waals surface area contributed by atoms with E-state index in [1.54, 1.807) is 36.3 Å². The number of hydrogen-bond donors (Lipinski definition) is 0. The number of Topliss-reactive ketones (excluding diaryl/α,β-unsaturated/α-hetero) is 2. The molecule has 0 N–H and O–H groups in total. The van der Waals surface area contributed by atoms with Crippen molar-refractivity contribution in [1.29, 1.82) is 0 Å². The van der Waals surface area contributed by atoms with Gasteiger partial charge in [-0.05, 0) is 50.2 Å². The number of thiophene rings is 2. The van der Waals surface area contributed by atoms with Crippen molar-refractivity contribution in [3.8, 4) is 5.75 Å². The molecule has 2 heterocycles. The highest BCUT2D eigenvalue weighted by atomic mass is 35.5. The molecule has 1 aromatic carbocycles. The number of ketones is 2. The quantitative estimate of drug-likeness (QED) is 0.363. The topological polar surface area (TPSA) is 46.6 Å². The van der Waals surface area contributed by atoms with Gasteiger partial charge in [0.25, 0.3) is 0 Å². The molecule has 0 amide bonds. The number of carbonyl (C=O) groups is 2. The standard InChI is InChI=1S/C21H19Cl2NO3S2/c1-12-16(8-20(22)28-12)18(25)10-24(14-4-6-15(27-3)7-5-14)11-19(26)17-9-21(23)29-13(17)2/h4-9H,10-11H2,1-3H3. The van der Waals surface area contributed by atoms with Crippen LogP contribution in [0.4, 0.5) is 5.69 Å². The molecule has 3 aromatic rings. The number of halogens is 2. The van der Waals surface area contributed by atoms with Gasteiger partial charge in [0.1, 0.15) is 5.75 Å². The monoisotopic (exact) mass is 467 g/mol. The van der Waals surface area contributed by atoms with Gasteiger partial charge in [0.2, 0.25) is 0 Å². The van der Waals surface area contributed by atoms with E-state index in [4.69, 9.17) is 27.9 Å². The van der Waals surface area contributed by atoms with E-state index in [-0.39, 0.29) is 24.7 Å². The molecule has 0 atom stereocenters. The Morgan fingerprint density at radius 3 is 1.69 bits per heavy atom. The van der Waals surface area contributed by atoms with Gasteiger partial charge in [-0.2, -0.15) is 0 Å². The molecule has 0 saturated heterocycles. The van der Waals surface area contributed by atoms with Gasteiger partial charge in [-0.3, -0.25) is 9.59 Å². The molecule has 4 nitrogen and oxygen atoms in total. The maximum atomic E-state index is 12.9. The Hall–Kier alpha value is -1.86. The van der Waals surface area contributed by atoms with Crippen LogP contribution < -0.4 is 9.64 Å². The zero-order chi connectivity index (χ0) is 21.1. The van der Waals surface area contributed by atoms with E-state index in [1.807, 2.05) is 26.0 Å². The van der Waals surface area contributed by atoms with Crippen LogP contribution in [0.5, 0.6) is 5.75 Å². The van der Waals surface area contributed by atoms with Crippen LogP contribution in [0.1, 0.15) is 30.5 Å². The third-order valence-electron chi connectivity index (χ3n) is 4.48. The highest BCUT2D eigenvalue weighted by Gasteiger charge is 2.21. The molecule has 0 aliphatic rings. The van der Waals surface area contributed by atoms with Crippen LogP contribution in [0, 0.1) is 13.8 Å². The summed E-state index contributed by atoms with van der Waals surface area (Å²) in [6, 6.07) is 10.6. The molecular weight excluding hydrogens is 449 g/mol. The Morgan fingerprint density at radius 1 is 0.897 bits per heavy atom. The Bertz CT molecular complexity index is 981. The number of carbonyl (C=O) groups excluding carboxylic acids is 2. The summed E-state index contributed by atoms with van der Waals surface area (Å²) in [5.74, 6) is 0.524. The van der Waals surface area contributed by atoms with Crippen LogP contribution in [0.25, 0.3) is 0 Å². The second-order valence-corrected chi connectivity index (χ2v) is 10.2. The summed E-state index contributed by atoms with van der Waals surface area (Å²) in [7, 11) is 1.59. The van der Waals surface area contributed by atoms with Crippen LogP contribution in [-0.2, 0) is 0 Å². The number of benzene rings is 1. The Morgan fingerprint density at radius 2 is 1.34 bits per heavy atom. The van der Waals surface area contributed by atoms with E-state index < -0.39 is 0 Å². The molecule has 152 valence electrons. The van der Waals surface area contributed by atoms with Crippen molar-refractivity contribution >= 4 is 63.1 Å². The zero-order valence-electron chi connectivity index (χ0n) is 16.1. The molecule has 0 bridgehead atoms. The predicted molar refractivity (Wildman–Crippen MR) is 122 cm³/mol. The number of aryl methyl sites for hydroxylation is 2. The van der Waals surface area contributed by atoms with Gasteiger partial charge in [0, 0.05) is 26.6 Å². The molecule has 29 heavy (non-hydrogen) atoms. The minimum absolute atomic E-state index is 0.0584. The summed E-state index contributed by atoms with van der Waals surface area (Å²) in [6.07, 6.45) is 0. The summed E-state index contributed by atoms with van der Waals surface area (Å²) in [5, 5.41) is 0. The fourth-order valence-corrected chi connectivity index (χ4v) is 5.41. The van der Waals surface area contributed by atoms with Crippen LogP contribution in [0.2, 0.25) is 8.67 Å². The summed E-state index contributed by atoms with van der Waals surface area (Å²) >= 11 is 14.8. The second kappa shape index (κ2) is 9.30. The minimum Gasteiger partial charge on any atom is -0.497 e. The van der Waals surface area contributed by atoms with E-state index in [0.29, 0.717) is 25.5 Å². The van der Waals surface area contributed by atoms with Crippen LogP contribution in [0.3, 0.4) is 0 Å². The molecular formula is C21H19Cl2NO3S2. The molecule has 0 unspecified atom stereocenters. The molecule has 0 spiro atoms. The van der Waals surface area contributed by atoms with E-state index in [0.717, 1.165) is 15.4 Å². The maximum absolute atomic E-state index is 12.9. The number of hydrogen-bond acceptors (Lipinski definition) is 6. The lowest BCUT2D eigenvalue weighted by Gasteiger charge is -2.23. The van der Waals surface area contributed by atoms with Crippen molar-refractivity contribution in [2.24, 2.45) is 0 Å². The molecule has 0 fully saturated rings. The number of ether oxygens (including phenoxy) is 1. The normalized spacial score (nSPS) is 10.8. The molecule has 3 rings (SSSR count). The lowest BCUT2D eigenvalue weighted by molar-refractivity contribution is 0.0984. The van der Waals surface area contributed by atoms with Crippen molar-refractivity contribution < 1.29 is 14.3 Å². The molecule has 0 aliphatic heterocycles. The van der Waals surface area contributed by atoms with Gasteiger partial charge in [-0.15, -0.1) is 22.7 Å². The third kappa shape index (κ3) is 5.20. The van der Waals surface area contributed by atoms with Gasteiger partial charge in [0.05, 0.1) is 28.9 Å². The number of methoxy groups -OCH3 is 1. The van der Waals surface area contributed by atoms with Gasteiger partial charge in [0.15, 0.2) is 11.6 Å². The fraction of sp³-hybridized carbons (Fsp3) is 0.238. The fourth-order valence-electron chi connectivity index (χ4n) is 2.99. The SMILES string of the molecule is COc1ccc(N(CC(=O)c2cc(Cl)sc2C)CC(=O)c2cc(Cl)sc2C)cc1.